The number of aldehydes is 2. The van der Waals surface area contributed by atoms with Crippen molar-refractivity contribution in [3.05, 3.63) is 33.3 Å². The Bertz CT molecular complexity index is 574. The van der Waals surface area contributed by atoms with Gasteiger partial charge in [-0.05, 0) is 12.1 Å². The normalized spacial score (nSPS) is 7.64. The SMILES string of the molecule is CC(=O)O.CC(=O)O.CC(=O)O.CC(=O)O.O=Cc1cc(Cl)c(C=O)cc1Cl. The number of hydrogen-bond donors (Lipinski definition) is 4. The fourth-order valence-corrected chi connectivity index (χ4v) is 1.19. The molecule has 0 saturated heterocycles. The Morgan fingerprint density at radius 3 is 0.893 bits per heavy atom. The fourth-order valence-electron chi connectivity index (χ4n) is 0.758. The second kappa shape index (κ2) is 20.3. The number of carbonyl (C=O) groups excluding carboxylic acids is 2. The standard InChI is InChI=1S/C8H4Cl2O2.4C2H4O2/c9-7-1-5(3-11)8(10)2-6(7)4-12;4*1-2(3)4/h1-4H;4*1H3,(H,3,4). The highest BCUT2D eigenvalue weighted by molar-refractivity contribution is 6.36. The number of carboxylic acids is 4. The molecule has 0 aliphatic heterocycles. The maximum atomic E-state index is 10.3. The van der Waals surface area contributed by atoms with Crippen molar-refractivity contribution in [3.8, 4) is 0 Å². The van der Waals surface area contributed by atoms with Crippen LogP contribution < -0.4 is 0 Å². The molecule has 0 saturated carbocycles. The molecule has 0 aromatic heterocycles. The summed E-state index contributed by atoms with van der Waals surface area (Å²) in [6.45, 7) is 4.33. The molecule has 12 heteroatoms. The molecule has 28 heavy (non-hydrogen) atoms. The molecule has 0 aliphatic rings. The first kappa shape index (κ1) is 32.7. The summed E-state index contributed by atoms with van der Waals surface area (Å²) in [4.78, 5) is 56.7. The number of carbonyl (C=O) groups is 6. The van der Waals surface area contributed by atoms with Gasteiger partial charge in [0.15, 0.2) is 12.6 Å². The highest BCUT2D eigenvalue weighted by Gasteiger charge is 2.05. The molecule has 10 nitrogen and oxygen atoms in total. The first-order valence-corrected chi connectivity index (χ1v) is 7.55. The minimum Gasteiger partial charge on any atom is -0.481 e. The molecule has 0 heterocycles. The van der Waals surface area contributed by atoms with Crippen molar-refractivity contribution in [3.63, 3.8) is 0 Å². The summed E-state index contributed by atoms with van der Waals surface area (Å²) in [5.41, 5.74) is 0.569. The van der Waals surface area contributed by atoms with Gasteiger partial charge in [0, 0.05) is 38.8 Å². The molecule has 0 atom stereocenters. The maximum absolute atomic E-state index is 10.3. The van der Waals surface area contributed by atoms with E-state index in [1.807, 2.05) is 0 Å². The minimum atomic E-state index is -0.833. The van der Waals surface area contributed by atoms with Crippen molar-refractivity contribution >= 4 is 59.7 Å². The van der Waals surface area contributed by atoms with Crippen LogP contribution >= 0.6 is 23.2 Å². The zero-order valence-electron chi connectivity index (χ0n) is 15.3. The minimum absolute atomic E-state index is 0.233. The lowest BCUT2D eigenvalue weighted by Crippen LogP contribution is -1.87. The fraction of sp³-hybridized carbons (Fsp3) is 0.250. The molecule has 0 fully saturated rings. The Balaban J connectivity index is -0.000000150. The van der Waals surface area contributed by atoms with Gasteiger partial charge in [-0.15, -0.1) is 0 Å². The smallest absolute Gasteiger partial charge is 0.300 e. The number of carboxylic acid groups (broad SMARTS) is 4. The van der Waals surface area contributed by atoms with Crippen LogP contribution in [0.2, 0.25) is 10.0 Å². The first-order valence-electron chi connectivity index (χ1n) is 6.79. The highest BCUT2D eigenvalue weighted by Crippen LogP contribution is 2.22. The van der Waals surface area contributed by atoms with Gasteiger partial charge in [0.1, 0.15) is 0 Å². The van der Waals surface area contributed by atoms with Crippen LogP contribution in [0.3, 0.4) is 0 Å². The summed E-state index contributed by atoms with van der Waals surface area (Å²) in [6.07, 6.45) is 1.17. The van der Waals surface area contributed by atoms with E-state index >= 15 is 0 Å². The molecular weight excluding hydrogens is 423 g/mol. The lowest BCUT2D eigenvalue weighted by molar-refractivity contribution is -0.135. The molecule has 158 valence electrons. The molecule has 0 radical (unpaired) electrons. The van der Waals surface area contributed by atoms with Crippen LogP contribution in [0.15, 0.2) is 12.1 Å². The van der Waals surface area contributed by atoms with Crippen LogP contribution in [0.4, 0.5) is 0 Å². The van der Waals surface area contributed by atoms with Gasteiger partial charge in [-0.1, -0.05) is 23.2 Å². The monoisotopic (exact) mass is 442 g/mol. The van der Waals surface area contributed by atoms with Gasteiger partial charge in [-0.25, -0.2) is 0 Å². The lowest BCUT2D eigenvalue weighted by atomic mass is 10.1. The summed E-state index contributed by atoms with van der Waals surface area (Å²) in [5, 5.41) is 30.1. The Hall–Kier alpha value is -2.98. The van der Waals surface area contributed by atoms with Gasteiger partial charge in [0.25, 0.3) is 23.9 Å². The number of rotatable bonds is 2. The average Bonchev–Trinajstić information content (AvgIpc) is 2.46. The van der Waals surface area contributed by atoms with Crippen LogP contribution in [-0.2, 0) is 19.2 Å². The van der Waals surface area contributed by atoms with Gasteiger partial charge in [-0.3, -0.25) is 28.8 Å². The van der Waals surface area contributed by atoms with Crippen LogP contribution in [0.1, 0.15) is 48.4 Å². The van der Waals surface area contributed by atoms with E-state index < -0.39 is 23.9 Å². The Morgan fingerprint density at radius 1 is 0.643 bits per heavy atom. The molecular formula is C16H20Cl2O10. The van der Waals surface area contributed by atoms with E-state index in [2.05, 4.69) is 0 Å². The largest absolute Gasteiger partial charge is 0.481 e. The van der Waals surface area contributed by atoms with E-state index in [0.29, 0.717) is 12.6 Å². The van der Waals surface area contributed by atoms with E-state index in [1.165, 1.54) is 12.1 Å². The summed E-state index contributed by atoms with van der Waals surface area (Å²) in [6, 6.07) is 2.72. The van der Waals surface area contributed by atoms with Crippen molar-refractivity contribution in [1.29, 1.82) is 0 Å². The van der Waals surface area contributed by atoms with Crippen LogP contribution in [0.5, 0.6) is 0 Å². The summed E-state index contributed by atoms with van der Waals surface area (Å²) in [7, 11) is 0. The van der Waals surface area contributed by atoms with Gasteiger partial charge in [-0.2, -0.15) is 0 Å². The van der Waals surface area contributed by atoms with E-state index in [4.69, 9.17) is 62.8 Å². The second-order valence-corrected chi connectivity index (χ2v) is 5.02. The third-order valence-corrected chi connectivity index (χ3v) is 2.02. The van der Waals surface area contributed by atoms with Crippen molar-refractivity contribution in [2.24, 2.45) is 0 Å². The van der Waals surface area contributed by atoms with E-state index in [1.54, 1.807) is 0 Å². The highest BCUT2D eigenvalue weighted by atomic mass is 35.5. The van der Waals surface area contributed by atoms with Gasteiger partial charge >= 0.3 is 0 Å². The third-order valence-electron chi connectivity index (χ3n) is 1.37. The molecule has 1 rings (SSSR count). The Labute approximate surface area is 170 Å². The second-order valence-electron chi connectivity index (χ2n) is 4.21. The first-order chi connectivity index (χ1) is 12.6. The topological polar surface area (TPSA) is 183 Å². The molecule has 0 bridgehead atoms. The quantitative estimate of drug-likeness (QED) is 0.496. The molecule has 0 aliphatic carbocycles. The molecule has 1 aromatic carbocycles. The summed E-state index contributed by atoms with van der Waals surface area (Å²) < 4.78 is 0. The van der Waals surface area contributed by atoms with Crippen molar-refractivity contribution < 1.29 is 49.2 Å². The number of aliphatic carboxylic acids is 4. The molecule has 0 amide bonds. The zero-order valence-corrected chi connectivity index (χ0v) is 16.8. The number of benzene rings is 1. The molecule has 4 N–H and O–H groups in total. The number of hydrogen-bond acceptors (Lipinski definition) is 6. The van der Waals surface area contributed by atoms with E-state index in [-0.39, 0.29) is 21.2 Å². The van der Waals surface area contributed by atoms with E-state index in [9.17, 15) is 9.59 Å². The third kappa shape index (κ3) is 38.5. The van der Waals surface area contributed by atoms with Crippen molar-refractivity contribution in [2.45, 2.75) is 27.7 Å². The van der Waals surface area contributed by atoms with Crippen LogP contribution in [0.25, 0.3) is 0 Å². The predicted molar refractivity (Wildman–Crippen MR) is 100 cm³/mol. The van der Waals surface area contributed by atoms with Gasteiger partial charge < -0.3 is 20.4 Å². The average molecular weight is 443 g/mol. The van der Waals surface area contributed by atoms with E-state index in [0.717, 1.165) is 27.7 Å². The summed E-state index contributed by atoms with van der Waals surface area (Å²) in [5.74, 6) is -3.33. The van der Waals surface area contributed by atoms with Gasteiger partial charge in [0.05, 0.1) is 10.0 Å². The molecule has 0 unspecified atom stereocenters. The summed E-state index contributed by atoms with van der Waals surface area (Å²) >= 11 is 11.3. The van der Waals surface area contributed by atoms with Gasteiger partial charge in [0.2, 0.25) is 0 Å². The lowest BCUT2D eigenvalue weighted by Gasteiger charge is -1.99. The van der Waals surface area contributed by atoms with Crippen LogP contribution in [0, 0.1) is 0 Å². The Kier molecular flexibility index (Phi) is 23.7. The van der Waals surface area contributed by atoms with Crippen LogP contribution in [-0.4, -0.2) is 56.9 Å². The number of halogens is 2. The molecule has 0 spiro atoms. The van der Waals surface area contributed by atoms with Crippen molar-refractivity contribution in [1.82, 2.24) is 0 Å². The maximum Gasteiger partial charge on any atom is 0.300 e. The molecule has 1 aromatic rings. The van der Waals surface area contributed by atoms with Crippen molar-refractivity contribution in [2.75, 3.05) is 0 Å². The zero-order chi connectivity index (χ0) is 23.4. The predicted octanol–water partition coefficient (Wildman–Crippen LogP) is 2.98. The Morgan fingerprint density at radius 2 is 0.786 bits per heavy atom.